The number of aromatic nitrogens is 3. The fraction of sp³-hybridized carbons (Fsp3) is 0.179. The number of H-pyrrole nitrogens is 1. The van der Waals surface area contributed by atoms with Crippen LogP contribution in [0.4, 0.5) is 0 Å². The van der Waals surface area contributed by atoms with E-state index in [1.54, 1.807) is 12.4 Å². The normalized spacial score (nSPS) is 11.3. The van der Waals surface area contributed by atoms with E-state index in [0.717, 1.165) is 34.6 Å². The first-order valence-electron chi connectivity index (χ1n) is 11.8. The zero-order valence-corrected chi connectivity index (χ0v) is 20.4. The lowest BCUT2D eigenvalue weighted by Gasteiger charge is -2.21. The lowest BCUT2D eigenvalue weighted by atomic mass is 10.1. The zero-order valence-electron chi connectivity index (χ0n) is 19.7. The van der Waals surface area contributed by atoms with E-state index in [1.165, 1.54) is 17.2 Å². The molecule has 2 aromatic carbocycles. The predicted octanol–water partition coefficient (Wildman–Crippen LogP) is 5.38. The van der Waals surface area contributed by atoms with Crippen LogP contribution in [-0.2, 0) is 26.1 Å². The van der Waals surface area contributed by atoms with Crippen LogP contribution in [0.5, 0.6) is 0 Å². The molecule has 7 nitrogen and oxygen atoms in total. The summed E-state index contributed by atoms with van der Waals surface area (Å²) in [5, 5.41) is 4.80. The fourth-order valence-corrected chi connectivity index (χ4v) is 4.35. The van der Waals surface area contributed by atoms with Crippen LogP contribution in [-0.4, -0.2) is 32.3 Å². The molecule has 1 amide bonds. The molecule has 0 aliphatic heterocycles. The van der Waals surface area contributed by atoms with Crippen molar-refractivity contribution >= 4 is 28.4 Å². The van der Waals surface area contributed by atoms with Crippen molar-refractivity contribution in [1.82, 2.24) is 25.2 Å². The molecule has 0 saturated heterocycles. The molecule has 0 aliphatic carbocycles. The number of rotatable bonds is 10. The first kappa shape index (κ1) is 23.8. The molecule has 5 aromatic rings. The van der Waals surface area contributed by atoms with Crippen molar-refractivity contribution in [3.05, 3.63) is 119 Å². The van der Waals surface area contributed by atoms with E-state index in [1.807, 2.05) is 42.5 Å². The van der Waals surface area contributed by atoms with Gasteiger partial charge in [0.15, 0.2) is 5.69 Å². The van der Waals surface area contributed by atoms with E-state index in [2.05, 4.69) is 49.6 Å². The van der Waals surface area contributed by atoms with Crippen LogP contribution < -0.4 is 5.32 Å². The quantitative estimate of drug-likeness (QED) is 0.269. The molecule has 0 radical (unpaired) electrons. The minimum absolute atomic E-state index is 0.253. The Bertz CT molecular complexity index is 1450. The minimum atomic E-state index is -0.287. The summed E-state index contributed by atoms with van der Waals surface area (Å²) in [7, 11) is 0. The van der Waals surface area contributed by atoms with Gasteiger partial charge in [0.05, 0.1) is 6.54 Å². The summed E-state index contributed by atoms with van der Waals surface area (Å²) in [6.45, 7) is 2.21. The number of nitrogens with zero attached hydrogens (tertiary/aromatic N) is 3. The first-order chi connectivity index (χ1) is 17.7. The number of fused-ring (bicyclic) bond motifs is 1. The molecule has 8 heteroatoms. The second kappa shape index (κ2) is 11.2. The number of pyridine rings is 1. The third-order valence-electron chi connectivity index (χ3n) is 6.04. The highest BCUT2D eigenvalue weighted by Gasteiger charge is 2.17. The Labute approximate surface area is 214 Å². The number of nitrogens with one attached hydrogen (secondary N) is 2. The topological polar surface area (TPSA) is 87.0 Å². The Morgan fingerprint density at radius 2 is 1.89 bits per heavy atom. The smallest absolute Gasteiger partial charge is 0.273 e. The molecule has 0 unspecified atom stereocenters. The molecular weight excluding hydrogens is 474 g/mol. The monoisotopic (exact) mass is 499 g/mol. The number of oxazole rings is 1. The van der Waals surface area contributed by atoms with Crippen molar-refractivity contribution < 1.29 is 9.21 Å². The number of hydrogen-bond acceptors (Lipinski definition) is 5. The van der Waals surface area contributed by atoms with E-state index in [4.69, 9.17) is 16.0 Å². The van der Waals surface area contributed by atoms with Gasteiger partial charge in [-0.2, -0.15) is 0 Å². The highest BCUT2D eigenvalue weighted by atomic mass is 35.5. The van der Waals surface area contributed by atoms with Crippen molar-refractivity contribution in [2.45, 2.75) is 26.1 Å². The van der Waals surface area contributed by atoms with Gasteiger partial charge < -0.3 is 14.7 Å². The lowest BCUT2D eigenvalue weighted by Crippen LogP contribution is -2.26. The van der Waals surface area contributed by atoms with Crippen LogP contribution in [0.2, 0.25) is 5.02 Å². The van der Waals surface area contributed by atoms with Gasteiger partial charge in [0.25, 0.3) is 5.91 Å². The molecule has 3 aromatic heterocycles. The summed E-state index contributed by atoms with van der Waals surface area (Å²) in [6.07, 6.45) is 7.72. The maximum absolute atomic E-state index is 12.6. The maximum Gasteiger partial charge on any atom is 0.273 e. The highest BCUT2D eigenvalue weighted by molar-refractivity contribution is 6.31. The Hall–Kier alpha value is -3.94. The van der Waals surface area contributed by atoms with Crippen LogP contribution >= 0.6 is 11.6 Å². The van der Waals surface area contributed by atoms with Crippen LogP contribution in [0.15, 0.2) is 89.9 Å². The number of aromatic amines is 1. The van der Waals surface area contributed by atoms with Crippen molar-refractivity contribution in [3.8, 4) is 0 Å². The Balaban J connectivity index is 1.27. The molecular formula is C28H26ClN5O2. The average molecular weight is 500 g/mol. The molecule has 0 saturated carbocycles. The Kier molecular flexibility index (Phi) is 7.40. The van der Waals surface area contributed by atoms with Crippen molar-refractivity contribution in [2.75, 3.05) is 6.54 Å². The molecule has 2 N–H and O–H groups in total. The minimum Gasteiger partial charge on any atom is -0.447 e. The summed E-state index contributed by atoms with van der Waals surface area (Å²) in [6, 6.07) is 19.8. The maximum atomic E-state index is 12.6. The molecule has 36 heavy (non-hydrogen) atoms. The standard InChI is InChI=1S/C28H26ClN5O2/c29-24-9-3-1-7-22(24)17-34(13-11-21-16-31-25-10-4-2-8-23(21)25)18-27-33-26(19-36-27)28(35)32-15-20-6-5-12-30-14-20/h1-10,12,14,16,19,31H,11,13,15,17-18H2,(H,32,35). The number of hydrogen-bond donors (Lipinski definition) is 2. The van der Waals surface area contributed by atoms with E-state index in [0.29, 0.717) is 25.5 Å². The summed E-state index contributed by atoms with van der Waals surface area (Å²) in [5.41, 5.74) is 4.57. The second-order valence-corrected chi connectivity index (χ2v) is 8.99. The number of halogens is 1. The number of carbonyl (C=O) groups is 1. The SMILES string of the molecule is O=C(NCc1cccnc1)c1coc(CN(CCc2c[nH]c3ccccc23)Cc2ccccc2Cl)n1. The first-order valence-corrected chi connectivity index (χ1v) is 12.2. The summed E-state index contributed by atoms with van der Waals surface area (Å²) in [4.78, 5) is 26.6. The van der Waals surface area contributed by atoms with Crippen molar-refractivity contribution in [1.29, 1.82) is 0 Å². The van der Waals surface area contributed by atoms with Gasteiger partial charge in [0, 0.05) is 54.2 Å². The van der Waals surface area contributed by atoms with Gasteiger partial charge in [-0.15, -0.1) is 0 Å². The van der Waals surface area contributed by atoms with Gasteiger partial charge in [0.1, 0.15) is 6.26 Å². The third kappa shape index (κ3) is 5.82. The van der Waals surface area contributed by atoms with Gasteiger partial charge in [-0.1, -0.05) is 54.1 Å². The van der Waals surface area contributed by atoms with Crippen LogP contribution in [0.1, 0.15) is 33.1 Å². The highest BCUT2D eigenvalue weighted by Crippen LogP contribution is 2.21. The second-order valence-electron chi connectivity index (χ2n) is 8.58. The molecule has 182 valence electrons. The summed E-state index contributed by atoms with van der Waals surface area (Å²) >= 11 is 6.45. The number of amides is 1. The molecule has 0 atom stereocenters. The molecule has 0 spiro atoms. The third-order valence-corrected chi connectivity index (χ3v) is 6.41. The molecule has 3 heterocycles. The number of benzene rings is 2. The zero-order chi connectivity index (χ0) is 24.7. The van der Waals surface area contributed by atoms with Crippen molar-refractivity contribution in [2.24, 2.45) is 0 Å². The van der Waals surface area contributed by atoms with Gasteiger partial charge in [-0.3, -0.25) is 14.7 Å². The Morgan fingerprint density at radius 3 is 2.75 bits per heavy atom. The fourth-order valence-electron chi connectivity index (χ4n) is 4.15. The predicted molar refractivity (Wildman–Crippen MR) is 139 cm³/mol. The average Bonchev–Trinajstić information content (AvgIpc) is 3.55. The van der Waals surface area contributed by atoms with E-state index < -0.39 is 0 Å². The van der Waals surface area contributed by atoms with E-state index in [9.17, 15) is 4.79 Å². The number of carbonyl (C=O) groups excluding carboxylic acids is 1. The molecule has 0 aliphatic rings. The van der Waals surface area contributed by atoms with E-state index >= 15 is 0 Å². The lowest BCUT2D eigenvalue weighted by molar-refractivity contribution is 0.0945. The molecule has 0 bridgehead atoms. The van der Waals surface area contributed by atoms with Gasteiger partial charge in [0.2, 0.25) is 5.89 Å². The number of para-hydroxylation sites is 1. The Morgan fingerprint density at radius 1 is 1.03 bits per heavy atom. The van der Waals surface area contributed by atoms with Gasteiger partial charge >= 0.3 is 0 Å². The molecule has 0 fully saturated rings. The van der Waals surface area contributed by atoms with Gasteiger partial charge in [-0.05, 0) is 41.3 Å². The van der Waals surface area contributed by atoms with E-state index in [-0.39, 0.29) is 11.6 Å². The van der Waals surface area contributed by atoms with Crippen LogP contribution in [0, 0.1) is 0 Å². The van der Waals surface area contributed by atoms with Crippen LogP contribution in [0.25, 0.3) is 10.9 Å². The van der Waals surface area contributed by atoms with Crippen molar-refractivity contribution in [3.63, 3.8) is 0 Å². The molecule has 5 rings (SSSR count). The van der Waals surface area contributed by atoms with Gasteiger partial charge in [-0.25, -0.2) is 4.98 Å². The summed E-state index contributed by atoms with van der Waals surface area (Å²) < 4.78 is 5.68. The van der Waals surface area contributed by atoms with Crippen LogP contribution in [0.3, 0.4) is 0 Å². The largest absolute Gasteiger partial charge is 0.447 e. The summed E-state index contributed by atoms with van der Waals surface area (Å²) in [5.74, 6) is 0.192.